The van der Waals surface area contributed by atoms with Gasteiger partial charge in [-0.05, 0) is 60.4 Å². The van der Waals surface area contributed by atoms with Crippen molar-refractivity contribution in [3.63, 3.8) is 0 Å². The van der Waals surface area contributed by atoms with Gasteiger partial charge >= 0.3 is 0 Å². The topological polar surface area (TPSA) is 114 Å². The first kappa shape index (κ1) is 32.6. The second kappa shape index (κ2) is 12.2. The third-order valence-corrected chi connectivity index (χ3v) is 10.4. The number of carbonyl (C=O) groups excluding carboxylic acids is 1. The standard InChI is InChI=1S/C34H41N5O4S2/c1-21-11-9-12-22(2)30(21)26-16-28-37-32(36-26)38-45(41,42)25-14-10-13-23(15-25)31(40)39(24(20-43-28)17-33(3,4)5)19-29-35-18-27(44-29)34(6,7)8/h9-16,18,24H,17,19-20H2,1-8H3,(H,36,37,38)/t24-/m1/s1. The molecule has 45 heavy (non-hydrogen) atoms. The van der Waals surface area contributed by atoms with Crippen molar-refractivity contribution in [2.24, 2.45) is 5.41 Å². The van der Waals surface area contributed by atoms with Crippen LogP contribution in [-0.4, -0.2) is 46.8 Å². The Labute approximate surface area is 270 Å². The van der Waals surface area contributed by atoms with Crippen LogP contribution in [0, 0.1) is 19.3 Å². The average Bonchev–Trinajstić information content (AvgIpc) is 3.42. The largest absolute Gasteiger partial charge is 0.475 e. The first-order chi connectivity index (χ1) is 21.0. The van der Waals surface area contributed by atoms with Crippen molar-refractivity contribution in [3.05, 3.63) is 81.3 Å². The first-order valence-electron chi connectivity index (χ1n) is 15.0. The highest BCUT2D eigenvalue weighted by Gasteiger charge is 2.32. The molecule has 0 unspecified atom stereocenters. The predicted octanol–water partition coefficient (Wildman–Crippen LogP) is 7.15. The average molecular weight is 648 g/mol. The summed E-state index contributed by atoms with van der Waals surface area (Å²) in [6.45, 7) is 17.1. The number of amides is 1. The van der Waals surface area contributed by atoms with Crippen LogP contribution in [0.4, 0.5) is 5.95 Å². The highest BCUT2D eigenvalue weighted by Crippen LogP contribution is 2.33. The van der Waals surface area contributed by atoms with Crippen LogP contribution < -0.4 is 9.46 Å². The zero-order chi connectivity index (χ0) is 32.7. The van der Waals surface area contributed by atoms with E-state index in [1.165, 1.54) is 12.1 Å². The summed E-state index contributed by atoms with van der Waals surface area (Å²) < 4.78 is 36.1. The lowest BCUT2D eigenvalue weighted by molar-refractivity contribution is 0.0513. The van der Waals surface area contributed by atoms with Gasteiger partial charge in [0.1, 0.15) is 11.6 Å². The molecule has 1 aliphatic heterocycles. The van der Waals surface area contributed by atoms with Crippen molar-refractivity contribution >= 4 is 33.2 Å². The molecule has 1 N–H and O–H groups in total. The highest BCUT2D eigenvalue weighted by atomic mass is 32.2. The Morgan fingerprint density at radius 2 is 1.69 bits per heavy atom. The Morgan fingerprint density at radius 3 is 2.33 bits per heavy atom. The maximum Gasteiger partial charge on any atom is 0.264 e. The Kier molecular flexibility index (Phi) is 8.80. The van der Waals surface area contributed by atoms with Crippen molar-refractivity contribution in [2.45, 2.75) is 84.7 Å². The predicted molar refractivity (Wildman–Crippen MR) is 178 cm³/mol. The van der Waals surface area contributed by atoms with E-state index in [0.29, 0.717) is 12.1 Å². The van der Waals surface area contributed by atoms with Gasteiger partial charge in [-0.1, -0.05) is 65.8 Å². The van der Waals surface area contributed by atoms with E-state index in [9.17, 15) is 13.2 Å². The summed E-state index contributed by atoms with van der Waals surface area (Å²) >= 11 is 1.58. The molecule has 0 aliphatic carbocycles. The fourth-order valence-corrected chi connectivity index (χ4v) is 7.39. The molecule has 4 aromatic rings. The molecule has 2 aromatic carbocycles. The van der Waals surface area contributed by atoms with Gasteiger partial charge < -0.3 is 9.64 Å². The summed E-state index contributed by atoms with van der Waals surface area (Å²) in [6.07, 6.45) is 2.49. The van der Waals surface area contributed by atoms with Gasteiger partial charge in [0.25, 0.3) is 15.9 Å². The van der Waals surface area contributed by atoms with Crippen LogP contribution in [0.15, 0.2) is 59.6 Å². The van der Waals surface area contributed by atoms with Crippen molar-refractivity contribution in [1.29, 1.82) is 0 Å². The van der Waals surface area contributed by atoms with Gasteiger partial charge in [0.05, 0.1) is 23.2 Å². The molecule has 1 aliphatic rings. The van der Waals surface area contributed by atoms with E-state index in [1.807, 2.05) is 38.2 Å². The lowest BCUT2D eigenvalue weighted by Gasteiger charge is -2.35. The number of sulfonamides is 1. The SMILES string of the molecule is Cc1cccc(C)c1-c1cc2nc(n1)NS(=O)(=O)c1cccc(c1)C(=O)N(Cc1ncc(C(C)(C)C)s1)[C@H](CC(C)(C)C)CO2. The molecule has 1 atom stereocenters. The van der Waals surface area contributed by atoms with Crippen molar-refractivity contribution in [3.8, 4) is 17.1 Å². The lowest BCUT2D eigenvalue weighted by atomic mass is 9.87. The van der Waals surface area contributed by atoms with Crippen LogP contribution in [0.25, 0.3) is 11.3 Å². The molecule has 11 heteroatoms. The zero-order valence-electron chi connectivity index (χ0n) is 27.1. The smallest absolute Gasteiger partial charge is 0.264 e. The Balaban J connectivity index is 1.67. The number of thiazole rings is 1. The number of aryl methyl sites for hydroxylation is 2. The number of nitrogens with one attached hydrogen (secondary N) is 1. The van der Waals surface area contributed by atoms with E-state index in [1.54, 1.807) is 34.4 Å². The number of fused-ring (bicyclic) bond motifs is 4. The molecule has 1 amide bonds. The van der Waals surface area contributed by atoms with Crippen LogP contribution in [-0.2, 0) is 22.0 Å². The van der Waals surface area contributed by atoms with Crippen LogP contribution in [0.2, 0.25) is 0 Å². The maximum absolute atomic E-state index is 14.3. The molecular weight excluding hydrogens is 607 g/mol. The normalized spacial score (nSPS) is 17.0. The molecule has 2 aromatic heterocycles. The number of benzene rings is 2. The Hall–Kier alpha value is -3.83. The van der Waals surface area contributed by atoms with E-state index in [0.717, 1.165) is 26.6 Å². The third kappa shape index (κ3) is 7.53. The van der Waals surface area contributed by atoms with Gasteiger partial charge in [-0.15, -0.1) is 11.3 Å². The molecule has 0 saturated carbocycles. The molecule has 0 radical (unpaired) electrons. The highest BCUT2D eigenvalue weighted by molar-refractivity contribution is 7.92. The molecule has 238 valence electrons. The molecule has 0 fully saturated rings. The Morgan fingerprint density at radius 1 is 1.00 bits per heavy atom. The fraction of sp³-hybridized carbons (Fsp3) is 0.412. The van der Waals surface area contributed by atoms with E-state index in [2.05, 4.69) is 61.2 Å². The van der Waals surface area contributed by atoms with Crippen molar-refractivity contribution in [1.82, 2.24) is 19.9 Å². The number of carbonyl (C=O) groups is 1. The van der Waals surface area contributed by atoms with Gasteiger partial charge in [-0.3, -0.25) is 4.79 Å². The van der Waals surface area contributed by atoms with E-state index in [-0.39, 0.29) is 58.2 Å². The van der Waals surface area contributed by atoms with Gasteiger partial charge in [-0.25, -0.2) is 23.1 Å². The summed E-state index contributed by atoms with van der Waals surface area (Å²) in [7, 11) is -4.14. The van der Waals surface area contributed by atoms with Crippen LogP contribution in [0.1, 0.15) is 79.3 Å². The zero-order valence-corrected chi connectivity index (χ0v) is 28.8. The Bertz CT molecular complexity index is 1820. The van der Waals surface area contributed by atoms with E-state index < -0.39 is 10.0 Å². The summed E-state index contributed by atoms with van der Waals surface area (Å²) in [5.41, 5.74) is 3.40. The number of nitrogens with zero attached hydrogens (tertiary/aromatic N) is 4. The fourth-order valence-electron chi connectivity index (χ4n) is 5.42. The maximum atomic E-state index is 14.3. The first-order valence-corrected chi connectivity index (χ1v) is 17.3. The summed E-state index contributed by atoms with van der Waals surface area (Å²) in [4.78, 5) is 30.9. The molecular formula is C34H41N5O4S2. The molecule has 5 rings (SSSR count). The van der Waals surface area contributed by atoms with Gasteiger partial charge in [0, 0.05) is 28.3 Å². The second-order valence-electron chi connectivity index (χ2n) is 13.8. The number of hydrogen-bond acceptors (Lipinski definition) is 8. The molecule has 4 bridgehead atoms. The number of rotatable bonds is 4. The molecule has 3 heterocycles. The quantitative estimate of drug-likeness (QED) is 0.250. The van der Waals surface area contributed by atoms with Crippen molar-refractivity contribution < 1.29 is 17.9 Å². The molecule has 0 spiro atoms. The second-order valence-corrected chi connectivity index (χ2v) is 16.6. The van der Waals surface area contributed by atoms with E-state index in [4.69, 9.17) is 4.74 Å². The van der Waals surface area contributed by atoms with Crippen LogP contribution in [0.3, 0.4) is 0 Å². The summed E-state index contributed by atoms with van der Waals surface area (Å²) in [5, 5.41) is 0.795. The minimum absolute atomic E-state index is 0.0623. The van der Waals surface area contributed by atoms with Gasteiger partial charge in [0.2, 0.25) is 11.8 Å². The monoisotopic (exact) mass is 647 g/mol. The molecule has 0 saturated heterocycles. The van der Waals surface area contributed by atoms with E-state index >= 15 is 0 Å². The number of ether oxygens (including phenoxy) is 1. The van der Waals surface area contributed by atoms with Crippen LogP contribution >= 0.6 is 11.3 Å². The number of hydrogen-bond donors (Lipinski definition) is 1. The van der Waals surface area contributed by atoms with Crippen LogP contribution in [0.5, 0.6) is 5.88 Å². The summed E-state index contributed by atoms with van der Waals surface area (Å²) in [6, 6.07) is 13.4. The number of aromatic nitrogens is 3. The third-order valence-electron chi connectivity index (χ3n) is 7.63. The molecule has 9 nitrogen and oxygen atoms in total. The number of anilines is 1. The minimum Gasteiger partial charge on any atom is -0.475 e. The van der Waals surface area contributed by atoms with Crippen molar-refractivity contribution in [2.75, 3.05) is 11.3 Å². The van der Waals surface area contributed by atoms with Gasteiger partial charge in [0.15, 0.2) is 0 Å². The van der Waals surface area contributed by atoms with Gasteiger partial charge in [-0.2, -0.15) is 4.98 Å². The lowest BCUT2D eigenvalue weighted by Crippen LogP contribution is -2.45. The summed E-state index contributed by atoms with van der Waals surface area (Å²) in [5.74, 6) is -0.199. The minimum atomic E-state index is -4.14.